The highest BCUT2D eigenvalue weighted by molar-refractivity contribution is 8.01. The van der Waals surface area contributed by atoms with E-state index in [4.69, 9.17) is 9.47 Å². The number of β-lactam (4-membered cyclic amide) rings is 1. The third kappa shape index (κ3) is 6.28. The smallest absolute Gasteiger partial charge is 0.508 e. The molecule has 4 rings (SSSR count). The Morgan fingerprint density at radius 1 is 0.953 bits per heavy atom. The van der Waals surface area contributed by atoms with Gasteiger partial charge in [-0.25, -0.2) is 14.4 Å². The third-order valence-electron chi connectivity index (χ3n) is 6.66. The molecule has 2 aromatic rings. The number of carboxylic acids is 1. The van der Waals surface area contributed by atoms with Gasteiger partial charge in [-0.15, -0.1) is 11.8 Å². The van der Waals surface area contributed by atoms with E-state index in [0.29, 0.717) is 0 Å². The van der Waals surface area contributed by atoms with Gasteiger partial charge in [-0.3, -0.25) is 14.4 Å². The minimum Gasteiger partial charge on any atom is -0.508 e. The van der Waals surface area contributed by atoms with Gasteiger partial charge in [0, 0.05) is 10.3 Å². The standard InChI is InChI=1S/C27H27N3O12S/c1-27(2)19(24(35)36)30-22(34)18(23(30)43-27)29-21(33)17(12-5-8-14(31)9-6-12)28-20(32)13-7-10-15(41-25(37)39-3)16(11-13)42-26(38)40-4/h5-11,17-19,23,31H,1-4H3,(H,28,32)(H,29,33)(H,35,36)/t17?,18-,19+,23-/m1/s1. The van der Waals surface area contributed by atoms with Crippen molar-refractivity contribution >= 4 is 47.8 Å². The molecule has 0 aliphatic carbocycles. The average molecular weight is 618 g/mol. The average Bonchev–Trinajstić information content (AvgIpc) is 3.23. The number of aromatic hydroxyl groups is 1. The van der Waals surface area contributed by atoms with Crippen LogP contribution in [0.25, 0.3) is 0 Å². The second kappa shape index (κ2) is 12.1. The molecule has 2 aliphatic rings. The van der Waals surface area contributed by atoms with Crippen LogP contribution < -0.4 is 20.1 Å². The van der Waals surface area contributed by atoms with Gasteiger partial charge in [0.15, 0.2) is 11.5 Å². The second-order valence-corrected chi connectivity index (χ2v) is 11.6. The minimum atomic E-state index is -1.39. The number of nitrogens with zero attached hydrogens (tertiary/aromatic N) is 1. The first-order chi connectivity index (χ1) is 20.3. The molecule has 0 spiro atoms. The van der Waals surface area contributed by atoms with Gasteiger partial charge in [0.25, 0.3) is 5.91 Å². The molecule has 2 saturated heterocycles. The summed E-state index contributed by atoms with van der Waals surface area (Å²) in [7, 11) is 2.10. The number of thioether (sulfide) groups is 1. The number of carbonyl (C=O) groups is 6. The maximum absolute atomic E-state index is 13.5. The van der Waals surface area contributed by atoms with Crippen molar-refractivity contribution in [2.75, 3.05) is 14.2 Å². The summed E-state index contributed by atoms with van der Waals surface area (Å²) in [6.07, 6.45) is -2.30. The molecule has 228 valence electrons. The number of fused-ring (bicyclic) bond motifs is 1. The molecule has 0 bridgehead atoms. The summed E-state index contributed by atoms with van der Waals surface area (Å²) in [6, 6.07) is 5.30. The van der Waals surface area contributed by atoms with E-state index < -0.39 is 64.2 Å². The summed E-state index contributed by atoms with van der Waals surface area (Å²) in [5.74, 6) is -4.11. The first-order valence-electron chi connectivity index (χ1n) is 12.6. The van der Waals surface area contributed by atoms with E-state index in [-0.39, 0.29) is 28.4 Å². The molecular weight excluding hydrogens is 590 g/mol. The summed E-state index contributed by atoms with van der Waals surface area (Å²) in [5.41, 5.74) is 0.114. The second-order valence-electron chi connectivity index (χ2n) is 9.86. The number of carbonyl (C=O) groups excluding carboxylic acids is 5. The van der Waals surface area contributed by atoms with E-state index in [1.54, 1.807) is 13.8 Å². The van der Waals surface area contributed by atoms with Crippen LogP contribution in [0.3, 0.4) is 0 Å². The van der Waals surface area contributed by atoms with Crippen molar-refractivity contribution in [2.45, 2.75) is 42.1 Å². The Balaban J connectivity index is 1.59. The number of hydrogen-bond acceptors (Lipinski definition) is 12. The number of methoxy groups -OCH3 is 2. The van der Waals surface area contributed by atoms with E-state index >= 15 is 0 Å². The predicted molar refractivity (Wildman–Crippen MR) is 146 cm³/mol. The minimum absolute atomic E-state index is 0.103. The Morgan fingerprint density at radius 3 is 2.14 bits per heavy atom. The molecule has 4 N–H and O–H groups in total. The lowest BCUT2D eigenvalue weighted by atomic mass is 9.95. The van der Waals surface area contributed by atoms with Crippen LogP contribution in [0.5, 0.6) is 17.2 Å². The molecule has 16 heteroatoms. The van der Waals surface area contributed by atoms with Crippen molar-refractivity contribution in [2.24, 2.45) is 0 Å². The van der Waals surface area contributed by atoms with Gasteiger partial charge in [0.2, 0.25) is 11.8 Å². The van der Waals surface area contributed by atoms with Crippen LogP contribution in [0, 0.1) is 0 Å². The number of benzene rings is 2. The zero-order valence-corrected chi connectivity index (χ0v) is 24.0. The molecule has 3 amide bonds. The van der Waals surface area contributed by atoms with Gasteiger partial charge >= 0.3 is 18.3 Å². The molecule has 0 saturated carbocycles. The highest BCUT2D eigenvalue weighted by Crippen LogP contribution is 2.50. The molecule has 2 aliphatic heterocycles. The third-order valence-corrected chi connectivity index (χ3v) is 8.23. The fraction of sp³-hybridized carbons (Fsp3) is 0.333. The van der Waals surface area contributed by atoms with Crippen LogP contribution in [0.2, 0.25) is 0 Å². The molecule has 43 heavy (non-hydrogen) atoms. The van der Waals surface area contributed by atoms with Crippen LogP contribution >= 0.6 is 11.8 Å². The summed E-state index contributed by atoms with van der Waals surface area (Å²) < 4.78 is 18.0. The summed E-state index contributed by atoms with van der Waals surface area (Å²) in [6.45, 7) is 3.39. The molecular formula is C27H27N3O12S. The number of aliphatic carboxylic acids is 1. The highest BCUT2D eigenvalue weighted by atomic mass is 32.2. The molecule has 2 heterocycles. The van der Waals surface area contributed by atoms with Crippen molar-refractivity contribution in [3.8, 4) is 17.2 Å². The quantitative estimate of drug-likeness (QED) is 0.190. The van der Waals surface area contributed by atoms with Crippen LogP contribution in [0.1, 0.15) is 35.8 Å². The summed E-state index contributed by atoms with van der Waals surface area (Å²) in [4.78, 5) is 76.1. The van der Waals surface area contributed by atoms with E-state index in [1.165, 1.54) is 47.0 Å². The van der Waals surface area contributed by atoms with E-state index in [9.17, 15) is 39.0 Å². The van der Waals surface area contributed by atoms with Gasteiger partial charge < -0.3 is 44.7 Å². The van der Waals surface area contributed by atoms with E-state index in [0.717, 1.165) is 26.4 Å². The number of phenols is 1. The van der Waals surface area contributed by atoms with Crippen LogP contribution in [-0.4, -0.2) is 87.5 Å². The predicted octanol–water partition coefficient (Wildman–Crippen LogP) is 1.79. The topological polar surface area (TPSA) is 207 Å². The Hall–Kier alpha value is -4.99. The van der Waals surface area contributed by atoms with Gasteiger partial charge in [-0.1, -0.05) is 12.1 Å². The van der Waals surface area contributed by atoms with Crippen LogP contribution in [0.4, 0.5) is 9.59 Å². The van der Waals surface area contributed by atoms with Crippen molar-refractivity contribution in [1.82, 2.24) is 15.5 Å². The number of nitrogens with one attached hydrogen (secondary N) is 2. The fourth-order valence-corrected chi connectivity index (χ4v) is 6.27. The monoisotopic (exact) mass is 617 g/mol. The largest absolute Gasteiger partial charge is 0.513 e. The first-order valence-corrected chi connectivity index (χ1v) is 13.4. The van der Waals surface area contributed by atoms with E-state index in [1.807, 2.05) is 0 Å². The van der Waals surface area contributed by atoms with Crippen molar-refractivity contribution < 1.29 is 57.9 Å². The van der Waals surface area contributed by atoms with Crippen molar-refractivity contribution in [1.29, 1.82) is 0 Å². The number of rotatable bonds is 8. The van der Waals surface area contributed by atoms with Gasteiger partial charge in [-0.2, -0.15) is 0 Å². The van der Waals surface area contributed by atoms with Gasteiger partial charge in [-0.05, 0) is 49.7 Å². The lowest BCUT2D eigenvalue weighted by molar-refractivity contribution is -0.161. The Labute approximate surface area is 248 Å². The van der Waals surface area contributed by atoms with Gasteiger partial charge in [0.1, 0.15) is 29.2 Å². The Kier molecular flexibility index (Phi) is 8.70. The molecule has 2 fully saturated rings. The van der Waals surface area contributed by atoms with E-state index in [2.05, 4.69) is 20.1 Å². The first kappa shape index (κ1) is 31.0. The number of amides is 3. The normalized spacial score (nSPS) is 20.5. The lowest BCUT2D eigenvalue weighted by Crippen LogP contribution is -2.71. The van der Waals surface area contributed by atoms with Crippen LogP contribution in [-0.2, 0) is 23.9 Å². The molecule has 4 atom stereocenters. The van der Waals surface area contributed by atoms with Gasteiger partial charge in [0.05, 0.1) is 14.2 Å². The number of ether oxygens (including phenoxy) is 4. The zero-order chi connectivity index (χ0) is 31.6. The zero-order valence-electron chi connectivity index (χ0n) is 23.2. The molecule has 1 unspecified atom stereocenters. The Bertz CT molecular complexity index is 1480. The number of carboxylic acid groups (broad SMARTS) is 1. The fourth-order valence-electron chi connectivity index (χ4n) is 4.64. The van der Waals surface area contributed by atoms with Crippen molar-refractivity contribution in [3.63, 3.8) is 0 Å². The number of phenolic OH excluding ortho intramolecular Hbond substituents is 1. The molecule has 15 nitrogen and oxygen atoms in total. The summed E-state index contributed by atoms with van der Waals surface area (Å²) in [5, 5.41) is 23.9. The molecule has 2 aromatic carbocycles. The lowest BCUT2D eigenvalue weighted by Gasteiger charge is -2.44. The Morgan fingerprint density at radius 2 is 1.56 bits per heavy atom. The highest BCUT2D eigenvalue weighted by Gasteiger charge is 2.64. The van der Waals surface area contributed by atoms with Crippen LogP contribution in [0.15, 0.2) is 42.5 Å². The summed E-state index contributed by atoms with van der Waals surface area (Å²) >= 11 is 1.24. The number of hydrogen-bond donors (Lipinski definition) is 4. The maximum Gasteiger partial charge on any atom is 0.513 e. The molecule has 0 aromatic heterocycles. The SMILES string of the molecule is COC(=O)Oc1ccc(C(=O)NC(C(=O)N[C@@H]2C(=O)N3[C@@H]2SC(C)(C)[C@@H]3C(=O)O)c2ccc(O)cc2)cc1OC(=O)OC. The molecule has 0 radical (unpaired) electrons. The van der Waals surface area contributed by atoms with Crippen molar-refractivity contribution in [3.05, 3.63) is 53.6 Å². The maximum atomic E-state index is 13.5.